The van der Waals surface area contributed by atoms with Crippen LogP contribution in [0.3, 0.4) is 0 Å². The fraction of sp³-hybridized carbons (Fsp3) is 0.562. The van der Waals surface area contributed by atoms with Crippen LogP contribution in [0.5, 0.6) is 0 Å². The summed E-state index contributed by atoms with van der Waals surface area (Å²) >= 11 is 0. The number of para-hydroxylation sites is 2. The van der Waals surface area contributed by atoms with E-state index in [9.17, 15) is 9.90 Å². The summed E-state index contributed by atoms with van der Waals surface area (Å²) in [6.45, 7) is 1.90. The van der Waals surface area contributed by atoms with Crippen molar-refractivity contribution in [1.82, 2.24) is 4.90 Å². The number of nitrogens with one attached hydrogen (secondary N) is 1. The van der Waals surface area contributed by atoms with Gasteiger partial charge in [-0.25, -0.2) is 0 Å². The van der Waals surface area contributed by atoms with Gasteiger partial charge in [-0.3, -0.25) is 4.79 Å². The van der Waals surface area contributed by atoms with Crippen LogP contribution in [0.15, 0.2) is 24.3 Å². The Morgan fingerprint density at radius 3 is 2.81 bits per heavy atom. The number of amides is 1. The first-order valence-corrected chi connectivity index (χ1v) is 7.55. The molecule has 2 rings (SSSR count). The van der Waals surface area contributed by atoms with Gasteiger partial charge < -0.3 is 21.1 Å². The summed E-state index contributed by atoms with van der Waals surface area (Å²) in [5.41, 5.74) is 7.06. The molecule has 0 heterocycles. The molecule has 1 aromatic carbocycles. The molecule has 0 aromatic heterocycles. The van der Waals surface area contributed by atoms with Gasteiger partial charge in [0.05, 0.1) is 17.5 Å². The van der Waals surface area contributed by atoms with Crippen LogP contribution >= 0.6 is 0 Å². The zero-order valence-electron chi connectivity index (χ0n) is 12.6. The van der Waals surface area contributed by atoms with Crippen molar-refractivity contribution in [2.24, 2.45) is 5.92 Å². The number of carbonyl (C=O) groups excluding carboxylic acids is 1. The van der Waals surface area contributed by atoms with E-state index in [2.05, 4.69) is 17.3 Å². The molecule has 4 N–H and O–H groups in total. The molecule has 0 saturated heterocycles. The normalized spacial score (nSPS) is 21.1. The molecule has 116 valence electrons. The Hall–Kier alpha value is -1.59. The number of nitrogen functional groups attached to an aromatic ring is 1. The fourth-order valence-corrected chi connectivity index (χ4v) is 2.71. The summed E-state index contributed by atoms with van der Waals surface area (Å²) in [5.74, 6) is 0.614. The second-order valence-corrected chi connectivity index (χ2v) is 5.99. The number of nitrogens with zero attached hydrogens (tertiary/aromatic N) is 1. The van der Waals surface area contributed by atoms with E-state index in [1.165, 1.54) is 0 Å². The van der Waals surface area contributed by atoms with Crippen LogP contribution in [0.25, 0.3) is 0 Å². The topological polar surface area (TPSA) is 78.6 Å². The highest BCUT2D eigenvalue weighted by molar-refractivity contribution is 5.93. The van der Waals surface area contributed by atoms with Crippen LogP contribution in [0.2, 0.25) is 0 Å². The van der Waals surface area contributed by atoms with Crippen LogP contribution in [-0.4, -0.2) is 42.2 Å². The smallest absolute Gasteiger partial charge is 0.224 e. The molecular formula is C16H25N3O2. The Kier molecular flexibility index (Phi) is 5.59. The van der Waals surface area contributed by atoms with Crippen LogP contribution in [0, 0.1) is 5.92 Å². The first kappa shape index (κ1) is 15.8. The highest BCUT2D eigenvalue weighted by atomic mass is 16.3. The fourth-order valence-electron chi connectivity index (χ4n) is 2.71. The van der Waals surface area contributed by atoms with Gasteiger partial charge in [0.15, 0.2) is 0 Å². The Morgan fingerprint density at radius 2 is 2.14 bits per heavy atom. The standard InChI is InChI=1S/C16H25N3O2/c1-19(11-12-9-13(20)10-12)8-4-7-16(21)18-15-6-3-2-5-14(15)17/h2-3,5-6,12-13,20H,4,7-11,17H2,1H3,(H,18,21). The van der Waals surface area contributed by atoms with E-state index in [1.54, 1.807) is 12.1 Å². The average molecular weight is 291 g/mol. The Morgan fingerprint density at radius 1 is 1.43 bits per heavy atom. The minimum absolute atomic E-state index is 0.000339. The molecule has 1 saturated carbocycles. The molecule has 1 aliphatic carbocycles. The van der Waals surface area contributed by atoms with Crippen molar-refractivity contribution in [3.63, 3.8) is 0 Å². The van der Waals surface area contributed by atoms with Gasteiger partial charge in [-0.2, -0.15) is 0 Å². The maximum absolute atomic E-state index is 11.9. The van der Waals surface area contributed by atoms with E-state index < -0.39 is 0 Å². The van der Waals surface area contributed by atoms with Crippen molar-refractivity contribution in [2.75, 3.05) is 31.2 Å². The van der Waals surface area contributed by atoms with Gasteiger partial charge in [-0.15, -0.1) is 0 Å². The molecule has 21 heavy (non-hydrogen) atoms. The quantitative estimate of drug-likeness (QED) is 0.668. The van der Waals surface area contributed by atoms with Crippen LogP contribution in [-0.2, 0) is 4.79 Å². The summed E-state index contributed by atoms with van der Waals surface area (Å²) in [5, 5.41) is 12.1. The summed E-state index contributed by atoms with van der Waals surface area (Å²) in [6, 6.07) is 7.28. The number of benzene rings is 1. The SMILES string of the molecule is CN(CCCC(=O)Nc1ccccc1N)CC1CC(O)C1. The zero-order chi connectivity index (χ0) is 15.2. The molecule has 5 heteroatoms. The van der Waals surface area contributed by atoms with Crippen molar-refractivity contribution < 1.29 is 9.90 Å². The van der Waals surface area contributed by atoms with Gasteiger partial charge in [-0.1, -0.05) is 12.1 Å². The molecule has 0 aliphatic heterocycles. The maximum atomic E-state index is 11.9. The highest BCUT2D eigenvalue weighted by Crippen LogP contribution is 2.27. The van der Waals surface area contributed by atoms with Crippen molar-refractivity contribution in [2.45, 2.75) is 31.8 Å². The van der Waals surface area contributed by atoms with Gasteiger partial charge in [0.2, 0.25) is 5.91 Å². The van der Waals surface area contributed by atoms with E-state index in [0.29, 0.717) is 23.7 Å². The third-order valence-corrected chi connectivity index (χ3v) is 3.96. The lowest BCUT2D eigenvalue weighted by Gasteiger charge is -2.34. The van der Waals surface area contributed by atoms with E-state index in [1.807, 2.05) is 12.1 Å². The van der Waals surface area contributed by atoms with E-state index >= 15 is 0 Å². The molecule has 0 spiro atoms. The molecule has 5 nitrogen and oxygen atoms in total. The monoisotopic (exact) mass is 291 g/mol. The van der Waals surface area contributed by atoms with Crippen LogP contribution in [0.1, 0.15) is 25.7 Å². The van der Waals surface area contributed by atoms with Crippen molar-refractivity contribution in [3.8, 4) is 0 Å². The number of aliphatic hydroxyl groups is 1. The van der Waals surface area contributed by atoms with Crippen molar-refractivity contribution in [1.29, 1.82) is 0 Å². The lowest BCUT2D eigenvalue weighted by atomic mass is 9.82. The maximum Gasteiger partial charge on any atom is 0.224 e. The number of hydrogen-bond acceptors (Lipinski definition) is 4. The number of hydrogen-bond donors (Lipinski definition) is 3. The molecule has 1 amide bonds. The van der Waals surface area contributed by atoms with Gasteiger partial charge in [0, 0.05) is 13.0 Å². The largest absolute Gasteiger partial charge is 0.397 e. The lowest BCUT2D eigenvalue weighted by molar-refractivity contribution is -0.116. The lowest BCUT2D eigenvalue weighted by Crippen LogP contribution is -2.37. The molecular weight excluding hydrogens is 266 g/mol. The number of rotatable bonds is 7. The average Bonchev–Trinajstić information content (AvgIpc) is 2.40. The molecule has 1 aliphatic rings. The number of carbonyl (C=O) groups is 1. The van der Waals surface area contributed by atoms with Crippen LogP contribution in [0.4, 0.5) is 11.4 Å². The number of anilines is 2. The first-order chi connectivity index (χ1) is 10.0. The third kappa shape index (κ3) is 5.02. The molecule has 1 fully saturated rings. The highest BCUT2D eigenvalue weighted by Gasteiger charge is 2.27. The second kappa shape index (κ2) is 7.43. The first-order valence-electron chi connectivity index (χ1n) is 7.55. The van der Waals surface area contributed by atoms with E-state index in [-0.39, 0.29) is 12.0 Å². The predicted octanol–water partition coefficient (Wildman–Crippen LogP) is 1.69. The number of nitrogens with two attached hydrogens (primary N) is 1. The Balaban J connectivity index is 1.62. The van der Waals surface area contributed by atoms with Gasteiger partial charge in [-0.05, 0) is 50.9 Å². The van der Waals surface area contributed by atoms with Gasteiger partial charge in [0.1, 0.15) is 0 Å². The second-order valence-electron chi connectivity index (χ2n) is 5.99. The Labute approximate surface area is 126 Å². The van der Waals surface area contributed by atoms with E-state index in [0.717, 1.165) is 32.4 Å². The van der Waals surface area contributed by atoms with Gasteiger partial charge >= 0.3 is 0 Å². The van der Waals surface area contributed by atoms with Crippen molar-refractivity contribution in [3.05, 3.63) is 24.3 Å². The summed E-state index contributed by atoms with van der Waals surface area (Å²) in [4.78, 5) is 14.1. The number of aliphatic hydroxyl groups excluding tert-OH is 1. The zero-order valence-corrected chi connectivity index (χ0v) is 12.6. The third-order valence-electron chi connectivity index (χ3n) is 3.96. The minimum Gasteiger partial charge on any atom is -0.397 e. The Bertz CT molecular complexity index is 472. The van der Waals surface area contributed by atoms with E-state index in [4.69, 9.17) is 5.73 Å². The van der Waals surface area contributed by atoms with Gasteiger partial charge in [0.25, 0.3) is 0 Å². The molecule has 0 unspecified atom stereocenters. The molecule has 0 atom stereocenters. The molecule has 0 bridgehead atoms. The predicted molar refractivity (Wildman–Crippen MR) is 84.9 cm³/mol. The summed E-state index contributed by atoms with van der Waals surface area (Å²) < 4.78 is 0. The van der Waals surface area contributed by atoms with Crippen LogP contribution < -0.4 is 11.1 Å². The summed E-state index contributed by atoms with van der Waals surface area (Å²) in [7, 11) is 2.07. The molecule has 0 radical (unpaired) electrons. The summed E-state index contributed by atoms with van der Waals surface area (Å²) in [6.07, 6.45) is 3.05. The minimum atomic E-state index is -0.0921. The van der Waals surface area contributed by atoms with Crippen molar-refractivity contribution >= 4 is 17.3 Å². The molecule has 1 aromatic rings.